The first-order valence-corrected chi connectivity index (χ1v) is 5.25. The van der Waals surface area contributed by atoms with E-state index in [-0.39, 0.29) is 0 Å². The maximum atomic E-state index is 3.69. The molecule has 0 aromatic carbocycles. The summed E-state index contributed by atoms with van der Waals surface area (Å²) in [4.78, 5) is 0. The third-order valence-corrected chi connectivity index (χ3v) is 2.57. The summed E-state index contributed by atoms with van der Waals surface area (Å²) in [5.41, 5.74) is 0.293. The van der Waals surface area contributed by atoms with Crippen molar-refractivity contribution in [3.63, 3.8) is 0 Å². The van der Waals surface area contributed by atoms with Gasteiger partial charge in [-0.25, -0.2) is 0 Å². The Morgan fingerprint density at radius 1 is 1.17 bits per heavy atom. The second-order valence-electron chi connectivity index (χ2n) is 5.36. The van der Waals surface area contributed by atoms with E-state index in [1.165, 1.54) is 25.7 Å². The summed E-state index contributed by atoms with van der Waals surface area (Å²) < 4.78 is 0. The molecule has 0 heterocycles. The van der Waals surface area contributed by atoms with Crippen LogP contribution in [0.3, 0.4) is 0 Å². The first-order chi connectivity index (χ1) is 5.47. The maximum Gasteiger partial charge on any atom is 0.00991 e. The van der Waals surface area contributed by atoms with Crippen LogP contribution < -0.4 is 5.32 Å². The Labute approximate surface area is 76.9 Å². The number of nitrogens with one attached hydrogen (secondary N) is 1. The molecule has 12 heavy (non-hydrogen) atoms. The minimum absolute atomic E-state index is 0.293. The molecular formula is C11H23N. The van der Waals surface area contributed by atoms with Crippen molar-refractivity contribution in [1.82, 2.24) is 5.32 Å². The lowest BCUT2D eigenvalue weighted by Gasteiger charge is -2.33. The van der Waals surface area contributed by atoms with Gasteiger partial charge in [-0.05, 0) is 39.5 Å². The fraction of sp³-hybridized carbons (Fsp3) is 1.00. The van der Waals surface area contributed by atoms with Crippen molar-refractivity contribution in [2.24, 2.45) is 5.92 Å². The Hall–Kier alpha value is -0.0400. The van der Waals surface area contributed by atoms with E-state index in [1.807, 2.05) is 0 Å². The van der Waals surface area contributed by atoms with E-state index >= 15 is 0 Å². The van der Waals surface area contributed by atoms with Gasteiger partial charge in [-0.15, -0.1) is 0 Å². The summed E-state index contributed by atoms with van der Waals surface area (Å²) in [6, 6.07) is 0.772. The molecule has 1 rings (SSSR count). The molecule has 0 aliphatic heterocycles. The predicted octanol–water partition coefficient (Wildman–Crippen LogP) is 2.95. The van der Waals surface area contributed by atoms with Crippen LogP contribution in [0.25, 0.3) is 0 Å². The topological polar surface area (TPSA) is 12.0 Å². The average molecular weight is 169 g/mol. The minimum atomic E-state index is 0.293. The molecule has 1 saturated carbocycles. The van der Waals surface area contributed by atoms with Crippen LogP contribution in [0.2, 0.25) is 0 Å². The number of hydrogen-bond acceptors (Lipinski definition) is 1. The van der Waals surface area contributed by atoms with E-state index in [9.17, 15) is 0 Å². The average Bonchev–Trinajstić information content (AvgIpc) is 1.82. The zero-order chi connectivity index (χ0) is 9.19. The highest BCUT2D eigenvalue weighted by Gasteiger charge is 2.22. The molecule has 0 radical (unpaired) electrons. The summed E-state index contributed by atoms with van der Waals surface area (Å²) in [7, 11) is 0. The van der Waals surface area contributed by atoms with Gasteiger partial charge in [-0.2, -0.15) is 0 Å². The van der Waals surface area contributed by atoms with E-state index in [2.05, 4.69) is 33.0 Å². The van der Waals surface area contributed by atoms with Crippen LogP contribution in [-0.4, -0.2) is 11.6 Å². The van der Waals surface area contributed by atoms with Crippen LogP contribution in [0.4, 0.5) is 0 Å². The zero-order valence-corrected chi connectivity index (χ0v) is 8.98. The van der Waals surface area contributed by atoms with Crippen molar-refractivity contribution in [3.8, 4) is 0 Å². The van der Waals surface area contributed by atoms with Gasteiger partial charge in [0, 0.05) is 11.6 Å². The van der Waals surface area contributed by atoms with Gasteiger partial charge in [0.05, 0.1) is 0 Å². The molecular weight excluding hydrogens is 146 g/mol. The fourth-order valence-corrected chi connectivity index (χ4v) is 2.18. The molecule has 0 amide bonds. The zero-order valence-electron chi connectivity index (χ0n) is 8.98. The molecule has 2 atom stereocenters. The van der Waals surface area contributed by atoms with Crippen LogP contribution in [0, 0.1) is 5.92 Å². The number of rotatable bonds is 1. The molecule has 1 aliphatic carbocycles. The summed E-state index contributed by atoms with van der Waals surface area (Å²) in [5, 5.41) is 3.69. The molecule has 2 unspecified atom stereocenters. The van der Waals surface area contributed by atoms with Gasteiger partial charge >= 0.3 is 0 Å². The Morgan fingerprint density at radius 2 is 1.83 bits per heavy atom. The predicted molar refractivity (Wildman–Crippen MR) is 54.3 cm³/mol. The summed E-state index contributed by atoms with van der Waals surface area (Å²) in [5.74, 6) is 0.929. The van der Waals surface area contributed by atoms with Gasteiger partial charge in [0.25, 0.3) is 0 Å². The third-order valence-electron chi connectivity index (χ3n) is 2.57. The van der Waals surface area contributed by atoms with E-state index in [4.69, 9.17) is 0 Å². The number of hydrogen-bond donors (Lipinski definition) is 1. The molecule has 0 aromatic rings. The molecule has 1 fully saturated rings. The summed E-state index contributed by atoms with van der Waals surface area (Å²) >= 11 is 0. The smallest absolute Gasteiger partial charge is 0.00991 e. The van der Waals surface area contributed by atoms with Crippen LogP contribution in [0.5, 0.6) is 0 Å². The molecule has 72 valence electrons. The Morgan fingerprint density at radius 3 is 2.33 bits per heavy atom. The Bertz CT molecular complexity index is 134. The highest BCUT2D eigenvalue weighted by Crippen LogP contribution is 2.24. The summed E-state index contributed by atoms with van der Waals surface area (Å²) in [6.07, 6.45) is 5.59. The van der Waals surface area contributed by atoms with Crippen molar-refractivity contribution in [3.05, 3.63) is 0 Å². The molecule has 0 bridgehead atoms. The standard InChI is InChI=1S/C11H23N/c1-9-6-5-7-10(8-9)12-11(2,3)4/h9-10,12H,5-8H2,1-4H3. The van der Waals surface area contributed by atoms with Gasteiger partial charge in [-0.3, -0.25) is 0 Å². The van der Waals surface area contributed by atoms with Gasteiger partial charge < -0.3 is 5.32 Å². The van der Waals surface area contributed by atoms with E-state index in [1.54, 1.807) is 0 Å². The molecule has 1 heteroatoms. The molecule has 1 aliphatic rings. The lowest BCUT2D eigenvalue weighted by Crippen LogP contribution is -2.45. The van der Waals surface area contributed by atoms with Gasteiger partial charge in [0.1, 0.15) is 0 Å². The SMILES string of the molecule is CC1CCCC(NC(C)(C)C)C1. The first kappa shape index (κ1) is 10.0. The highest BCUT2D eigenvalue weighted by molar-refractivity contribution is 4.82. The quantitative estimate of drug-likeness (QED) is 0.636. The monoisotopic (exact) mass is 169 g/mol. The van der Waals surface area contributed by atoms with E-state index in [0.717, 1.165) is 12.0 Å². The normalized spacial score (nSPS) is 32.0. The van der Waals surface area contributed by atoms with Gasteiger partial charge in [-0.1, -0.05) is 19.8 Å². The van der Waals surface area contributed by atoms with Gasteiger partial charge in [0.2, 0.25) is 0 Å². The van der Waals surface area contributed by atoms with Crippen molar-refractivity contribution in [2.75, 3.05) is 0 Å². The van der Waals surface area contributed by atoms with E-state index < -0.39 is 0 Å². The molecule has 0 aromatic heterocycles. The Balaban J connectivity index is 2.32. The van der Waals surface area contributed by atoms with Gasteiger partial charge in [0.15, 0.2) is 0 Å². The Kier molecular flexibility index (Phi) is 3.16. The lowest BCUT2D eigenvalue weighted by atomic mass is 9.86. The second-order valence-corrected chi connectivity index (χ2v) is 5.36. The third kappa shape index (κ3) is 3.57. The van der Waals surface area contributed by atoms with Crippen molar-refractivity contribution in [1.29, 1.82) is 0 Å². The van der Waals surface area contributed by atoms with Crippen LogP contribution in [-0.2, 0) is 0 Å². The molecule has 1 nitrogen and oxygen atoms in total. The van der Waals surface area contributed by atoms with Crippen molar-refractivity contribution >= 4 is 0 Å². The van der Waals surface area contributed by atoms with Crippen LogP contribution in [0.1, 0.15) is 53.4 Å². The summed E-state index contributed by atoms with van der Waals surface area (Å²) in [6.45, 7) is 9.14. The molecule has 1 N–H and O–H groups in total. The lowest BCUT2D eigenvalue weighted by molar-refractivity contribution is 0.253. The molecule has 0 spiro atoms. The minimum Gasteiger partial charge on any atom is -0.309 e. The first-order valence-electron chi connectivity index (χ1n) is 5.25. The van der Waals surface area contributed by atoms with Crippen LogP contribution >= 0.6 is 0 Å². The van der Waals surface area contributed by atoms with E-state index in [0.29, 0.717) is 5.54 Å². The maximum absolute atomic E-state index is 3.69. The molecule has 0 saturated heterocycles. The van der Waals surface area contributed by atoms with Crippen molar-refractivity contribution in [2.45, 2.75) is 65.0 Å². The highest BCUT2D eigenvalue weighted by atomic mass is 15.0. The fourth-order valence-electron chi connectivity index (χ4n) is 2.18. The van der Waals surface area contributed by atoms with Crippen molar-refractivity contribution < 1.29 is 0 Å². The van der Waals surface area contributed by atoms with Crippen LogP contribution in [0.15, 0.2) is 0 Å². The largest absolute Gasteiger partial charge is 0.309 e. The second kappa shape index (κ2) is 3.78.